The van der Waals surface area contributed by atoms with E-state index in [1.54, 1.807) is 11.4 Å². The van der Waals surface area contributed by atoms with Crippen molar-refractivity contribution in [3.63, 3.8) is 0 Å². The van der Waals surface area contributed by atoms with Crippen LogP contribution in [0.2, 0.25) is 0 Å². The van der Waals surface area contributed by atoms with Gasteiger partial charge in [0, 0.05) is 12.0 Å². The molecule has 5 nitrogen and oxygen atoms in total. The van der Waals surface area contributed by atoms with Crippen molar-refractivity contribution in [1.29, 1.82) is 0 Å². The molecule has 1 fully saturated rings. The first-order chi connectivity index (χ1) is 8.61. The highest BCUT2D eigenvalue weighted by molar-refractivity contribution is 7.12. The second-order valence-corrected chi connectivity index (χ2v) is 5.33. The lowest BCUT2D eigenvalue weighted by Gasteiger charge is -2.10. The van der Waals surface area contributed by atoms with E-state index in [4.69, 9.17) is 5.73 Å². The third-order valence-electron chi connectivity index (χ3n) is 3.14. The van der Waals surface area contributed by atoms with Crippen LogP contribution in [0.4, 0.5) is 5.69 Å². The van der Waals surface area contributed by atoms with E-state index in [0.717, 1.165) is 12.8 Å². The molecule has 0 aliphatic heterocycles. The number of rotatable bonds is 3. The molecule has 1 heterocycles. The number of methoxy groups -OCH3 is 1. The SMILES string of the molecule is COC(=O)c1sccc1NC(=O)C1CCC(N)C1. The van der Waals surface area contributed by atoms with E-state index in [0.29, 0.717) is 17.0 Å². The highest BCUT2D eigenvalue weighted by atomic mass is 32.1. The van der Waals surface area contributed by atoms with Crippen molar-refractivity contribution >= 4 is 28.9 Å². The third kappa shape index (κ3) is 2.70. The number of amides is 1. The Labute approximate surface area is 109 Å². The van der Waals surface area contributed by atoms with Gasteiger partial charge in [0.2, 0.25) is 5.91 Å². The van der Waals surface area contributed by atoms with E-state index < -0.39 is 5.97 Å². The van der Waals surface area contributed by atoms with Crippen LogP contribution in [-0.2, 0) is 9.53 Å². The molecule has 1 amide bonds. The van der Waals surface area contributed by atoms with Crippen molar-refractivity contribution in [3.8, 4) is 0 Å². The van der Waals surface area contributed by atoms with Crippen LogP contribution in [0.3, 0.4) is 0 Å². The number of thiophene rings is 1. The number of hydrogen-bond donors (Lipinski definition) is 2. The highest BCUT2D eigenvalue weighted by Gasteiger charge is 2.28. The molecule has 0 bridgehead atoms. The van der Waals surface area contributed by atoms with Gasteiger partial charge in [0.1, 0.15) is 4.88 Å². The van der Waals surface area contributed by atoms with Crippen molar-refractivity contribution in [2.75, 3.05) is 12.4 Å². The number of carbonyl (C=O) groups excluding carboxylic acids is 2. The van der Waals surface area contributed by atoms with Gasteiger partial charge in [-0.15, -0.1) is 11.3 Å². The first kappa shape index (κ1) is 13.0. The largest absolute Gasteiger partial charge is 0.465 e. The van der Waals surface area contributed by atoms with Gasteiger partial charge in [-0.25, -0.2) is 4.79 Å². The van der Waals surface area contributed by atoms with E-state index in [2.05, 4.69) is 10.1 Å². The zero-order valence-electron chi connectivity index (χ0n) is 10.1. The van der Waals surface area contributed by atoms with Crippen molar-refractivity contribution in [3.05, 3.63) is 16.3 Å². The van der Waals surface area contributed by atoms with Crippen molar-refractivity contribution in [1.82, 2.24) is 0 Å². The van der Waals surface area contributed by atoms with Crippen LogP contribution in [0, 0.1) is 5.92 Å². The molecule has 6 heteroatoms. The predicted octanol–water partition coefficient (Wildman–Crippen LogP) is 1.60. The summed E-state index contributed by atoms with van der Waals surface area (Å²) >= 11 is 1.25. The standard InChI is InChI=1S/C12H16N2O3S/c1-17-12(16)10-9(4-5-18-10)14-11(15)7-2-3-8(13)6-7/h4-5,7-8H,2-3,6,13H2,1H3,(H,14,15). The van der Waals surface area contributed by atoms with Crippen LogP contribution >= 0.6 is 11.3 Å². The lowest BCUT2D eigenvalue weighted by molar-refractivity contribution is -0.119. The van der Waals surface area contributed by atoms with Crippen LogP contribution < -0.4 is 11.1 Å². The monoisotopic (exact) mass is 268 g/mol. The first-order valence-corrected chi connectivity index (χ1v) is 6.72. The summed E-state index contributed by atoms with van der Waals surface area (Å²) in [6.45, 7) is 0. The average Bonchev–Trinajstić information content (AvgIpc) is 2.97. The van der Waals surface area contributed by atoms with Crippen molar-refractivity contribution in [2.24, 2.45) is 11.7 Å². The minimum atomic E-state index is -0.427. The molecule has 0 saturated heterocycles. The molecular weight excluding hydrogens is 252 g/mol. The Morgan fingerprint density at radius 2 is 2.28 bits per heavy atom. The predicted molar refractivity (Wildman–Crippen MR) is 69.6 cm³/mol. The number of nitrogens with one attached hydrogen (secondary N) is 1. The zero-order chi connectivity index (χ0) is 13.1. The van der Waals surface area contributed by atoms with Gasteiger partial charge in [0.15, 0.2) is 0 Å². The average molecular weight is 268 g/mol. The van der Waals surface area contributed by atoms with E-state index in [-0.39, 0.29) is 17.9 Å². The van der Waals surface area contributed by atoms with Crippen LogP contribution in [0.15, 0.2) is 11.4 Å². The van der Waals surface area contributed by atoms with E-state index in [1.165, 1.54) is 18.4 Å². The van der Waals surface area contributed by atoms with Crippen molar-refractivity contribution in [2.45, 2.75) is 25.3 Å². The van der Waals surface area contributed by atoms with E-state index in [1.807, 2.05) is 0 Å². The Morgan fingerprint density at radius 1 is 1.50 bits per heavy atom. The van der Waals surface area contributed by atoms with Crippen LogP contribution in [0.1, 0.15) is 28.9 Å². The van der Waals surface area contributed by atoms with E-state index in [9.17, 15) is 9.59 Å². The molecule has 1 aliphatic carbocycles. The maximum Gasteiger partial charge on any atom is 0.350 e. The fraction of sp³-hybridized carbons (Fsp3) is 0.500. The van der Waals surface area contributed by atoms with Gasteiger partial charge in [-0.2, -0.15) is 0 Å². The Kier molecular flexibility index (Phi) is 3.98. The minimum absolute atomic E-state index is 0.0506. The number of nitrogens with two attached hydrogens (primary N) is 1. The molecule has 3 N–H and O–H groups in total. The maximum atomic E-state index is 12.0. The Bertz CT molecular complexity index is 458. The molecule has 18 heavy (non-hydrogen) atoms. The number of ether oxygens (including phenoxy) is 1. The summed E-state index contributed by atoms with van der Waals surface area (Å²) < 4.78 is 4.66. The second-order valence-electron chi connectivity index (χ2n) is 4.41. The minimum Gasteiger partial charge on any atom is -0.465 e. The summed E-state index contributed by atoms with van der Waals surface area (Å²) in [5.41, 5.74) is 6.31. The summed E-state index contributed by atoms with van der Waals surface area (Å²) in [5, 5.41) is 4.54. The van der Waals surface area contributed by atoms with Gasteiger partial charge in [0.25, 0.3) is 0 Å². The quantitative estimate of drug-likeness (QED) is 0.816. The fourth-order valence-electron chi connectivity index (χ4n) is 2.15. The summed E-state index contributed by atoms with van der Waals surface area (Å²) in [6.07, 6.45) is 2.40. The molecule has 0 spiro atoms. The summed E-state index contributed by atoms with van der Waals surface area (Å²) in [5.74, 6) is -0.541. The van der Waals surface area contributed by atoms with Gasteiger partial charge in [-0.3, -0.25) is 4.79 Å². The van der Waals surface area contributed by atoms with Gasteiger partial charge in [-0.05, 0) is 30.7 Å². The number of esters is 1. The Hall–Kier alpha value is -1.40. The normalized spacial score (nSPS) is 22.8. The molecule has 1 aromatic heterocycles. The molecule has 1 aromatic rings. The Morgan fingerprint density at radius 3 is 2.89 bits per heavy atom. The smallest absolute Gasteiger partial charge is 0.350 e. The fourth-order valence-corrected chi connectivity index (χ4v) is 2.91. The van der Waals surface area contributed by atoms with Gasteiger partial charge >= 0.3 is 5.97 Å². The molecular formula is C12H16N2O3S. The van der Waals surface area contributed by atoms with Crippen LogP contribution in [0.25, 0.3) is 0 Å². The van der Waals surface area contributed by atoms with Gasteiger partial charge in [-0.1, -0.05) is 0 Å². The number of hydrogen-bond acceptors (Lipinski definition) is 5. The lowest BCUT2D eigenvalue weighted by atomic mass is 10.1. The molecule has 2 unspecified atom stereocenters. The van der Waals surface area contributed by atoms with Gasteiger partial charge < -0.3 is 15.8 Å². The first-order valence-electron chi connectivity index (χ1n) is 5.84. The van der Waals surface area contributed by atoms with Crippen LogP contribution in [0.5, 0.6) is 0 Å². The molecule has 0 radical (unpaired) electrons. The molecule has 2 rings (SSSR count). The van der Waals surface area contributed by atoms with Crippen LogP contribution in [-0.4, -0.2) is 25.0 Å². The number of anilines is 1. The van der Waals surface area contributed by atoms with E-state index >= 15 is 0 Å². The Balaban J connectivity index is 2.03. The summed E-state index contributed by atoms with van der Waals surface area (Å²) in [4.78, 5) is 23.9. The highest BCUT2D eigenvalue weighted by Crippen LogP contribution is 2.28. The molecule has 2 atom stereocenters. The topological polar surface area (TPSA) is 81.4 Å². The molecule has 98 valence electrons. The second kappa shape index (κ2) is 5.49. The van der Waals surface area contributed by atoms with Gasteiger partial charge in [0.05, 0.1) is 12.8 Å². The zero-order valence-corrected chi connectivity index (χ0v) is 11.0. The summed E-state index contributed by atoms with van der Waals surface area (Å²) in [6, 6.07) is 1.83. The molecule has 1 aliphatic rings. The summed E-state index contributed by atoms with van der Waals surface area (Å²) in [7, 11) is 1.32. The lowest BCUT2D eigenvalue weighted by Crippen LogP contribution is -2.23. The van der Waals surface area contributed by atoms with Crippen molar-refractivity contribution < 1.29 is 14.3 Å². The molecule has 1 saturated carbocycles. The third-order valence-corrected chi connectivity index (χ3v) is 4.03. The maximum absolute atomic E-state index is 12.0. The molecule has 0 aromatic carbocycles. The number of carbonyl (C=O) groups is 2.